The first-order valence-corrected chi connectivity index (χ1v) is 3.90. The second-order valence-electron chi connectivity index (χ2n) is 2.41. The Morgan fingerprint density at radius 2 is 2.33 bits per heavy atom. The van der Waals surface area contributed by atoms with Gasteiger partial charge in [-0.25, -0.2) is 4.98 Å². The average Bonchev–Trinajstić information content (AvgIpc) is 2.50. The van der Waals surface area contributed by atoms with Crippen molar-refractivity contribution in [3.63, 3.8) is 0 Å². The van der Waals surface area contributed by atoms with Crippen LogP contribution in [-0.4, -0.2) is 16.3 Å². The third-order valence-corrected chi connectivity index (χ3v) is 1.62. The summed E-state index contributed by atoms with van der Waals surface area (Å²) < 4.78 is 1.56. The van der Waals surface area contributed by atoms with Gasteiger partial charge in [0.2, 0.25) is 6.33 Å². The van der Waals surface area contributed by atoms with Crippen molar-refractivity contribution in [1.82, 2.24) is 9.71 Å². The van der Waals surface area contributed by atoms with Crippen LogP contribution in [0.2, 0.25) is 0 Å². The summed E-state index contributed by atoms with van der Waals surface area (Å²) in [4.78, 5) is 9.31. The van der Waals surface area contributed by atoms with Crippen molar-refractivity contribution in [2.24, 2.45) is 0 Å². The zero-order valence-electron chi connectivity index (χ0n) is 6.82. The van der Waals surface area contributed by atoms with Crippen molar-refractivity contribution in [1.29, 1.82) is 0 Å². The Labute approximate surface area is 70.5 Å². The highest BCUT2D eigenvalue weighted by Gasteiger charge is 2.00. The van der Waals surface area contributed by atoms with Gasteiger partial charge >= 0.3 is 0 Å². The van der Waals surface area contributed by atoms with E-state index in [1.165, 1.54) is 0 Å². The maximum Gasteiger partial charge on any atom is 0.216 e. The molecule has 0 aliphatic carbocycles. The fourth-order valence-electron chi connectivity index (χ4n) is 1.11. The number of imidazole rings is 1. The SMILES string of the molecule is CCOn1[c]nc2ccccc21. The van der Waals surface area contributed by atoms with Crippen molar-refractivity contribution >= 4 is 11.0 Å². The second-order valence-corrected chi connectivity index (χ2v) is 2.41. The van der Waals surface area contributed by atoms with Crippen molar-refractivity contribution in [2.45, 2.75) is 6.92 Å². The van der Waals surface area contributed by atoms with Crippen LogP contribution in [0.5, 0.6) is 0 Å². The molecule has 0 amide bonds. The van der Waals surface area contributed by atoms with Crippen molar-refractivity contribution in [2.75, 3.05) is 6.61 Å². The predicted molar refractivity (Wildman–Crippen MR) is 45.7 cm³/mol. The molecular weight excluding hydrogens is 152 g/mol. The molecule has 1 aromatic heterocycles. The third kappa shape index (κ3) is 1.03. The van der Waals surface area contributed by atoms with E-state index in [2.05, 4.69) is 11.3 Å². The first-order chi connectivity index (χ1) is 5.92. The normalized spacial score (nSPS) is 10.4. The van der Waals surface area contributed by atoms with E-state index < -0.39 is 0 Å². The van der Waals surface area contributed by atoms with Crippen LogP contribution in [0.1, 0.15) is 6.92 Å². The average molecular weight is 161 g/mol. The molecule has 0 bridgehead atoms. The molecule has 0 atom stereocenters. The summed E-state index contributed by atoms with van der Waals surface area (Å²) in [5, 5.41) is 0. The van der Waals surface area contributed by atoms with E-state index in [0.717, 1.165) is 11.0 Å². The highest BCUT2D eigenvalue weighted by Crippen LogP contribution is 2.09. The summed E-state index contributed by atoms with van der Waals surface area (Å²) in [6.07, 6.45) is 2.76. The number of hydrogen-bond donors (Lipinski definition) is 0. The van der Waals surface area contributed by atoms with Crippen molar-refractivity contribution in [3.05, 3.63) is 30.6 Å². The molecule has 0 saturated heterocycles. The van der Waals surface area contributed by atoms with Crippen LogP contribution >= 0.6 is 0 Å². The summed E-state index contributed by atoms with van der Waals surface area (Å²) in [5.74, 6) is 0. The van der Waals surface area contributed by atoms with Gasteiger partial charge in [0.05, 0.1) is 5.52 Å². The zero-order chi connectivity index (χ0) is 8.39. The smallest absolute Gasteiger partial charge is 0.216 e. The Hall–Kier alpha value is -1.51. The lowest BCUT2D eigenvalue weighted by molar-refractivity contribution is 0.129. The number of nitrogens with zero attached hydrogens (tertiary/aromatic N) is 2. The highest BCUT2D eigenvalue weighted by molar-refractivity contribution is 5.74. The fourth-order valence-corrected chi connectivity index (χ4v) is 1.11. The van der Waals surface area contributed by atoms with Gasteiger partial charge in [0.25, 0.3) is 0 Å². The predicted octanol–water partition coefficient (Wildman–Crippen LogP) is 1.28. The second kappa shape index (κ2) is 2.85. The molecule has 0 saturated carbocycles. The number of para-hydroxylation sites is 2. The summed E-state index contributed by atoms with van der Waals surface area (Å²) in [5.41, 5.74) is 1.87. The van der Waals surface area contributed by atoms with Crippen LogP contribution in [0.4, 0.5) is 0 Å². The molecule has 1 radical (unpaired) electrons. The van der Waals surface area contributed by atoms with Crippen LogP contribution < -0.4 is 4.84 Å². The van der Waals surface area contributed by atoms with Crippen molar-refractivity contribution < 1.29 is 4.84 Å². The minimum Gasteiger partial charge on any atom is -0.412 e. The molecule has 0 aliphatic rings. The number of aromatic nitrogens is 2. The fraction of sp³-hybridized carbons (Fsp3) is 0.222. The van der Waals surface area contributed by atoms with Gasteiger partial charge in [0, 0.05) is 0 Å². The Bertz CT molecular complexity index is 381. The van der Waals surface area contributed by atoms with Gasteiger partial charge in [-0.1, -0.05) is 12.1 Å². The van der Waals surface area contributed by atoms with Gasteiger partial charge in [0.15, 0.2) is 0 Å². The standard InChI is InChI=1S/C9H9N2O/c1-2-12-11-7-10-8-5-3-4-6-9(8)11/h3-6H,2H2,1H3. The highest BCUT2D eigenvalue weighted by atomic mass is 16.7. The number of benzene rings is 1. The topological polar surface area (TPSA) is 27.1 Å². The first-order valence-electron chi connectivity index (χ1n) is 3.90. The van der Waals surface area contributed by atoms with Gasteiger partial charge in [-0.15, -0.1) is 0 Å². The van der Waals surface area contributed by atoms with E-state index in [4.69, 9.17) is 4.84 Å². The quantitative estimate of drug-likeness (QED) is 0.663. The molecule has 0 fully saturated rings. The largest absolute Gasteiger partial charge is 0.412 e. The van der Waals surface area contributed by atoms with Gasteiger partial charge in [-0.3, -0.25) is 0 Å². The van der Waals surface area contributed by atoms with E-state index in [1.54, 1.807) is 4.73 Å². The maximum absolute atomic E-state index is 5.26. The monoisotopic (exact) mass is 161 g/mol. The number of rotatable bonds is 2. The van der Waals surface area contributed by atoms with Crippen LogP contribution in [0.15, 0.2) is 24.3 Å². The van der Waals surface area contributed by atoms with E-state index in [1.807, 2.05) is 31.2 Å². The van der Waals surface area contributed by atoms with Crippen LogP contribution in [0.3, 0.4) is 0 Å². The Morgan fingerprint density at radius 3 is 3.17 bits per heavy atom. The molecule has 2 rings (SSSR count). The minimum atomic E-state index is 0.622. The molecule has 0 N–H and O–H groups in total. The number of hydrogen-bond acceptors (Lipinski definition) is 2. The Morgan fingerprint density at radius 1 is 1.50 bits per heavy atom. The minimum absolute atomic E-state index is 0.622. The van der Waals surface area contributed by atoms with Gasteiger partial charge < -0.3 is 4.84 Å². The molecule has 1 heterocycles. The molecule has 0 aliphatic heterocycles. The summed E-state index contributed by atoms with van der Waals surface area (Å²) in [7, 11) is 0. The van der Waals surface area contributed by atoms with E-state index in [0.29, 0.717) is 6.61 Å². The summed E-state index contributed by atoms with van der Waals surface area (Å²) in [6, 6.07) is 7.78. The molecule has 3 nitrogen and oxygen atoms in total. The van der Waals surface area contributed by atoms with E-state index in [9.17, 15) is 0 Å². The van der Waals surface area contributed by atoms with Crippen LogP contribution in [0.25, 0.3) is 11.0 Å². The molecule has 2 aromatic rings. The molecule has 12 heavy (non-hydrogen) atoms. The molecule has 1 aromatic carbocycles. The molecule has 61 valence electrons. The lowest BCUT2D eigenvalue weighted by Gasteiger charge is -2.01. The van der Waals surface area contributed by atoms with Gasteiger partial charge in [-0.2, -0.15) is 4.73 Å². The van der Waals surface area contributed by atoms with E-state index >= 15 is 0 Å². The first kappa shape index (κ1) is 7.16. The molecular formula is C9H9N2O. The lowest BCUT2D eigenvalue weighted by atomic mass is 10.3. The van der Waals surface area contributed by atoms with Gasteiger partial charge in [0.1, 0.15) is 12.1 Å². The summed E-state index contributed by atoms with van der Waals surface area (Å²) in [6.45, 7) is 2.56. The molecule has 3 heteroatoms. The van der Waals surface area contributed by atoms with Crippen molar-refractivity contribution in [3.8, 4) is 0 Å². The van der Waals surface area contributed by atoms with Gasteiger partial charge in [-0.05, 0) is 19.1 Å². The Balaban J connectivity index is 2.55. The number of fused-ring (bicyclic) bond motifs is 1. The Kier molecular flexibility index (Phi) is 1.70. The maximum atomic E-state index is 5.26. The van der Waals surface area contributed by atoms with Crippen LogP contribution in [0, 0.1) is 6.33 Å². The molecule has 0 spiro atoms. The lowest BCUT2D eigenvalue weighted by Crippen LogP contribution is -2.08. The van der Waals surface area contributed by atoms with Crippen LogP contribution in [-0.2, 0) is 0 Å². The summed E-state index contributed by atoms with van der Waals surface area (Å²) >= 11 is 0. The molecule has 0 unspecified atom stereocenters. The van der Waals surface area contributed by atoms with E-state index in [-0.39, 0.29) is 0 Å². The third-order valence-electron chi connectivity index (χ3n) is 1.62. The zero-order valence-corrected chi connectivity index (χ0v) is 6.82.